The highest BCUT2D eigenvalue weighted by Crippen LogP contribution is 2.19. The second-order valence-electron chi connectivity index (χ2n) is 7.36. The lowest BCUT2D eigenvalue weighted by Crippen LogP contribution is -2.40. The number of aryl methyl sites for hydroxylation is 3. The minimum absolute atomic E-state index is 0.0209. The van der Waals surface area contributed by atoms with E-state index in [1.54, 1.807) is 34.7 Å². The van der Waals surface area contributed by atoms with Crippen LogP contribution in [0.25, 0.3) is 11.4 Å². The maximum absolute atomic E-state index is 12.6. The smallest absolute Gasteiger partial charge is 0.269 e. The fraction of sp³-hybridized carbons (Fsp3) is 0.421. The topological polar surface area (TPSA) is 106 Å². The van der Waals surface area contributed by atoms with Crippen molar-refractivity contribution in [3.05, 3.63) is 35.8 Å². The molecule has 10 nitrogen and oxygen atoms in total. The first-order valence-electron chi connectivity index (χ1n) is 9.33. The average molecular weight is 397 g/mol. The molecule has 0 unspecified atom stereocenters. The summed E-state index contributed by atoms with van der Waals surface area (Å²) in [6.45, 7) is 4.69. The van der Waals surface area contributed by atoms with Crippen molar-refractivity contribution in [1.82, 2.24) is 39.7 Å². The molecule has 3 aromatic rings. The SMILES string of the molecule is Cc1cc(Nc2nccc(-c3cc(C(=O)N[C@@H](C)CN(C)C)n(C)n3)n2)nn1C. The van der Waals surface area contributed by atoms with Gasteiger partial charge in [0.25, 0.3) is 5.91 Å². The second-order valence-corrected chi connectivity index (χ2v) is 7.36. The van der Waals surface area contributed by atoms with Crippen molar-refractivity contribution in [1.29, 1.82) is 0 Å². The molecule has 0 aliphatic carbocycles. The van der Waals surface area contributed by atoms with Crippen LogP contribution in [0.3, 0.4) is 0 Å². The lowest BCUT2D eigenvalue weighted by Gasteiger charge is -2.18. The number of nitrogens with zero attached hydrogens (tertiary/aromatic N) is 7. The highest BCUT2D eigenvalue weighted by atomic mass is 16.2. The number of anilines is 2. The Bertz CT molecular complexity index is 986. The number of likely N-dealkylation sites (N-methyl/N-ethyl adjacent to an activating group) is 1. The summed E-state index contributed by atoms with van der Waals surface area (Å²) in [7, 11) is 7.55. The van der Waals surface area contributed by atoms with Gasteiger partial charge in [-0.1, -0.05) is 0 Å². The Kier molecular flexibility index (Phi) is 5.92. The Morgan fingerprint density at radius 3 is 2.59 bits per heavy atom. The first-order chi connectivity index (χ1) is 13.7. The first kappa shape index (κ1) is 20.5. The zero-order chi connectivity index (χ0) is 21.1. The molecular weight excluding hydrogens is 370 g/mol. The van der Waals surface area contributed by atoms with Crippen LogP contribution >= 0.6 is 0 Å². The van der Waals surface area contributed by atoms with Gasteiger partial charge in [-0.3, -0.25) is 14.2 Å². The van der Waals surface area contributed by atoms with Gasteiger partial charge in [-0.25, -0.2) is 9.97 Å². The summed E-state index contributed by atoms with van der Waals surface area (Å²) in [4.78, 5) is 23.4. The molecular formula is C19H27N9O. The molecule has 3 aromatic heterocycles. The van der Waals surface area contributed by atoms with Gasteiger partial charge in [-0.15, -0.1) is 0 Å². The standard InChI is InChI=1S/C19H27N9O/c1-12(11-26(3)4)21-18(29)16-10-15(24-28(16)6)14-7-8-20-19(22-14)23-17-9-13(2)27(5)25-17/h7-10,12H,11H2,1-6H3,(H,21,29)(H,20,22,23,25)/t12-/m0/s1. The van der Waals surface area contributed by atoms with Gasteiger partial charge in [0.2, 0.25) is 5.95 Å². The lowest BCUT2D eigenvalue weighted by atomic mass is 10.2. The Balaban J connectivity index is 1.77. The van der Waals surface area contributed by atoms with Crippen LogP contribution in [0.4, 0.5) is 11.8 Å². The van der Waals surface area contributed by atoms with Crippen molar-refractivity contribution in [3.8, 4) is 11.4 Å². The molecule has 0 radical (unpaired) electrons. The van der Waals surface area contributed by atoms with Crippen molar-refractivity contribution in [2.75, 3.05) is 26.0 Å². The molecule has 10 heteroatoms. The molecule has 0 fully saturated rings. The van der Waals surface area contributed by atoms with Crippen LogP contribution in [0, 0.1) is 6.92 Å². The maximum atomic E-state index is 12.6. The average Bonchev–Trinajstić information content (AvgIpc) is 3.16. The Labute approximate surface area is 170 Å². The van der Waals surface area contributed by atoms with E-state index in [2.05, 4.69) is 30.8 Å². The van der Waals surface area contributed by atoms with Crippen LogP contribution in [0.2, 0.25) is 0 Å². The van der Waals surface area contributed by atoms with Crippen molar-refractivity contribution in [3.63, 3.8) is 0 Å². The van der Waals surface area contributed by atoms with Gasteiger partial charge < -0.3 is 15.5 Å². The summed E-state index contributed by atoms with van der Waals surface area (Å²) < 4.78 is 3.33. The van der Waals surface area contributed by atoms with Crippen molar-refractivity contribution >= 4 is 17.7 Å². The molecule has 0 aromatic carbocycles. The number of rotatable bonds is 7. The zero-order valence-electron chi connectivity index (χ0n) is 17.6. The quantitative estimate of drug-likeness (QED) is 0.620. The van der Waals surface area contributed by atoms with E-state index in [-0.39, 0.29) is 11.9 Å². The third-order valence-electron chi connectivity index (χ3n) is 4.40. The third-order valence-corrected chi connectivity index (χ3v) is 4.40. The molecule has 29 heavy (non-hydrogen) atoms. The van der Waals surface area contributed by atoms with E-state index >= 15 is 0 Å². The van der Waals surface area contributed by atoms with Gasteiger partial charge >= 0.3 is 0 Å². The highest BCUT2D eigenvalue weighted by Gasteiger charge is 2.17. The van der Waals surface area contributed by atoms with Crippen molar-refractivity contribution in [2.45, 2.75) is 19.9 Å². The van der Waals surface area contributed by atoms with E-state index in [1.165, 1.54) is 0 Å². The van der Waals surface area contributed by atoms with E-state index in [9.17, 15) is 4.79 Å². The summed E-state index contributed by atoms with van der Waals surface area (Å²) in [6.07, 6.45) is 1.65. The molecule has 1 atom stereocenters. The van der Waals surface area contributed by atoms with Crippen LogP contribution < -0.4 is 10.6 Å². The van der Waals surface area contributed by atoms with Crippen LogP contribution in [0.1, 0.15) is 23.1 Å². The fourth-order valence-corrected chi connectivity index (χ4v) is 2.99. The Hall–Kier alpha value is -3.27. The second kappa shape index (κ2) is 8.39. The van der Waals surface area contributed by atoms with Crippen LogP contribution in [0.15, 0.2) is 24.4 Å². The number of hydrogen-bond acceptors (Lipinski definition) is 7. The van der Waals surface area contributed by atoms with E-state index in [4.69, 9.17) is 0 Å². The third kappa shape index (κ3) is 4.96. The summed E-state index contributed by atoms with van der Waals surface area (Å²) in [5, 5.41) is 14.9. The van der Waals surface area contributed by atoms with Crippen LogP contribution in [-0.2, 0) is 14.1 Å². The number of nitrogens with one attached hydrogen (secondary N) is 2. The van der Waals surface area contributed by atoms with Crippen LogP contribution in [0.5, 0.6) is 0 Å². The van der Waals surface area contributed by atoms with E-state index in [1.807, 2.05) is 46.0 Å². The molecule has 154 valence electrons. The summed E-state index contributed by atoms with van der Waals surface area (Å²) in [5.74, 6) is 0.909. The minimum atomic E-state index is -0.169. The largest absolute Gasteiger partial charge is 0.347 e. The monoisotopic (exact) mass is 397 g/mol. The predicted octanol–water partition coefficient (Wildman–Crippen LogP) is 1.34. The number of hydrogen-bond donors (Lipinski definition) is 2. The fourth-order valence-electron chi connectivity index (χ4n) is 2.99. The predicted molar refractivity (Wildman–Crippen MR) is 111 cm³/mol. The summed E-state index contributed by atoms with van der Waals surface area (Å²) in [5.41, 5.74) is 2.71. The Morgan fingerprint density at radius 2 is 1.93 bits per heavy atom. The van der Waals surface area contributed by atoms with Gasteiger partial charge in [0.15, 0.2) is 5.82 Å². The van der Waals surface area contributed by atoms with Gasteiger partial charge in [0.1, 0.15) is 11.4 Å². The highest BCUT2D eigenvalue weighted by molar-refractivity contribution is 5.93. The van der Waals surface area contributed by atoms with Crippen LogP contribution in [-0.4, -0.2) is 67.0 Å². The van der Waals surface area contributed by atoms with Crippen molar-refractivity contribution in [2.24, 2.45) is 14.1 Å². The zero-order valence-corrected chi connectivity index (χ0v) is 17.6. The molecule has 0 aliphatic heterocycles. The number of amides is 1. The van der Waals surface area contributed by atoms with Gasteiger partial charge in [-0.05, 0) is 40.1 Å². The molecule has 0 saturated carbocycles. The van der Waals surface area contributed by atoms with E-state index in [0.717, 1.165) is 12.2 Å². The molecule has 2 N–H and O–H groups in total. The molecule has 0 spiro atoms. The Morgan fingerprint density at radius 1 is 1.17 bits per heavy atom. The van der Waals surface area contributed by atoms with Crippen molar-refractivity contribution < 1.29 is 4.79 Å². The summed E-state index contributed by atoms with van der Waals surface area (Å²) in [6, 6.07) is 5.42. The first-order valence-corrected chi connectivity index (χ1v) is 9.33. The maximum Gasteiger partial charge on any atom is 0.269 e. The molecule has 1 amide bonds. The number of aromatic nitrogens is 6. The van der Waals surface area contributed by atoms with Gasteiger partial charge in [-0.2, -0.15) is 10.2 Å². The normalized spacial score (nSPS) is 12.2. The molecule has 3 rings (SSSR count). The lowest BCUT2D eigenvalue weighted by molar-refractivity contribution is 0.0925. The minimum Gasteiger partial charge on any atom is -0.347 e. The molecule has 0 saturated heterocycles. The van der Waals surface area contributed by atoms with E-state index in [0.29, 0.717) is 28.8 Å². The summed E-state index contributed by atoms with van der Waals surface area (Å²) >= 11 is 0. The molecule has 0 aliphatic rings. The van der Waals surface area contributed by atoms with E-state index < -0.39 is 0 Å². The molecule has 0 bridgehead atoms. The number of carbonyl (C=O) groups is 1. The number of carbonyl (C=O) groups excluding carboxylic acids is 1. The van der Waals surface area contributed by atoms with Gasteiger partial charge in [0.05, 0.1) is 5.69 Å². The van der Waals surface area contributed by atoms with Gasteiger partial charge in [0, 0.05) is 44.6 Å². The molecule has 3 heterocycles.